The monoisotopic (exact) mass is 260 g/mol. The average molecular weight is 260 g/mol. The summed E-state index contributed by atoms with van der Waals surface area (Å²) < 4.78 is 26.6. The molecule has 1 heterocycles. The number of aromatic amines is 1. The van der Waals surface area contributed by atoms with Gasteiger partial charge in [0.15, 0.2) is 0 Å². The second-order valence-electron chi connectivity index (χ2n) is 4.25. The highest BCUT2D eigenvalue weighted by molar-refractivity contribution is 7.89. The Morgan fingerprint density at radius 3 is 2.94 bits per heavy atom. The van der Waals surface area contributed by atoms with Crippen molar-refractivity contribution in [1.82, 2.24) is 14.9 Å². The lowest BCUT2D eigenvalue weighted by molar-refractivity contribution is 0.213. The van der Waals surface area contributed by atoms with E-state index in [4.69, 9.17) is 10.8 Å². The molecule has 0 aliphatic heterocycles. The molecule has 1 aliphatic carbocycles. The maximum atomic E-state index is 12.0. The van der Waals surface area contributed by atoms with Crippen LogP contribution in [0.25, 0.3) is 0 Å². The molecule has 8 heteroatoms. The highest BCUT2D eigenvalue weighted by atomic mass is 32.2. The second kappa shape index (κ2) is 4.63. The molecule has 2 atom stereocenters. The van der Waals surface area contributed by atoms with Gasteiger partial charge in [-0.05, 0) is 18.8 Å². The van der Waals surface area contributed by atoms with Crippen molar-refractivity contribution < 1.29 is 13.5 Å². The van der Waals surface area contributed by atoms with Crippen LogP contribution in [0.2, 0.25) is 0 Å². The third kappa shape index (κ3) is 2.43. The van der Waals surface area contributed by atoms with Gasteiger partial charge in [0.1, 0.15) is 10.7 Å². The molecule has 1 saturated carbocycles. The summed E-state index contributed by atoms with van der Waals surface area (Å²) in [4.78, 5) is -0.0407. The molecular weight excluding hydrogens is 244 g/mol. The number of nitrogens with two attached hydrogens (primary N) is 1. The molecule has 0 amide bonds. The van der Waals surface area contributed by atoms with Gasteiger partial charge in [0.05, 0.1) is 6.20 Å². The van der Waals surface area contributed by atoms with Gasteiger partial charge in [-0.3, -0.25) is 5.10 Å². The van der Waals surface area contributed by atoms with Crippen LogP contribution in [-0.2, 0) is 10.0 Å². The molecule has 96 valence electrons. The van der Waals surface area contributed by atoms with Crippen LogP contribution < -0.4 is 10.5 Å². The molecule has 1 aromatic heterocycles. The van der Waals surface area contributed by atoms with E-state index in [2.05, 4.69) is 14.9 Å². The number of nitrogens with zero attached hydrogens (tertiary/aromatic N) is 1. The van der Waals surface area contributed by atoms with Crippen molar-refractivity contribution in [2.24, 2.45) is 5.92 Å². The van der Waals surface area contributed by atoms with Crippen LogP contribution in [0.4, 0.5) is 5.82 Å². The Bertz CT molecular complexity index is 484. The molecule has 2 rings (SSSR count). The number of anilines is 1. The number of hydrogen-bond donors (Lipinski definition) is 4. The van der Waals surface area contributed by atoms with Crippen molar-refractivity contribution in [2.45, 2.75) is 30.2 Å². The van der Waals surface area contributed by atoms with E-state index in [0.29, 0.717) is 0 Å². The highest BCUT2D eigenvalue weighted by Gasteiger charge is 2.31. The van der Waals surface area contributed by atoms with E-state index in [1.54, 1.807) is 0 Å². The van der Waals surface area contributed by atoms with Gasteiger partial charge in [-0.2, -0.15) is 5.10 Å². The third-order valence-electron chi connectivity index (χ3n) is 3.12. The van der Waals surface area contributed by atoms with E-state index in [-0.39, 0.29) is 29.3 Å². The number of aliphatic hydroxyl groups excluding tert-OH is 1. The SMILES string of the molecule is Nc1[nH]ncc1S(=O)(=O)NC1CCCC1CO. The minimum Gasteiger partial charge on any atom is -0.396 e. The zero-order chi connectivity index (χ0) is 12.5. The summed E-state index contributed by atoms with van der Waals surface area (Å²) >= 11 is 0. The molecular formula is C9H16N4O3S. The standard InChI is InChI=1S/C9H16N4O3S/c10-9-8(4-11-12-9)17(15,16)13-7-3-1-2-6(7)5-14/h4,6-7,13-14H,1-3,5H2,(H3,10,11,12). The summed E-state index contributed by atoms with van der Waals surface area (Å²) in [5, 5.41) is 15.1. The van der Waals surface area contributed by atoms with Gasteiger partial charge >= 0.3 is 0 Å². The summed E-state index contributed by atoms with van der Waals surface area (Å²) in [6.07, 6.45) is 3.67. The Kier molecular flexibility index (Phi) is 3.36. The number of sulfonamides is 1. The van der Waals surface area contributed by atoms with Gasteiger partial charge in [-0.15, -0.1) is 0 Å². The molecule has 17 heavy (non-hydrogen) atoms. The zero-order valence-electron chi connectivity index (χ0n) is 9.26. The molecule has 2 unspecified atom stereocenters. The fourth-order valence-electron chi connectivity index (χ4n) is 2.17. The number of aromatic nitrogens is 2. The maximum absolute atomic E-state index is 12.0. The van der Waals surface area contributed by atoms with Crippen LogP contribution in [0, 0.1) is 5.92 Å². The number of H-pyrrole nitrogens is 1. The van der Waals surface area contributed by atoms with E-state index in [9.17, 15) is 8.42 Å². The summed E-state index contributed by atoms with van der Waals surface area (Å²) in [6.45, 7) is -0.00590. The Morgan fingerprint density at radius 2 is 2.35 bits per heavy atom. The van der Waals surface area contributed by atoms with Crippen LogP contribution in [0.3, 0.4) is 0 Å². The molecule has 7 nitrogen and oxygen atoms in total. The first-order valence-electron chi connectivity index (χ1n) is 5.46. The lowest BCUT2D eigenvalue weighted by Crippen LogP contribution is -2.38. The first kappa shape index (κ1) is 12.3. The molecule has 0 radical (unpaired) electrons. The number of hydrogen-bond acceptors (Lipinski definition) is 5. The first-order chi connectivity index (χ1) is 8.04. The van der Waals surface area contributed by atoms with Crippen LogP contribution in [0.5, 0.6) is 0 Å². The molecule has 0 spiro atoms. The van der Waals surface area contributed by atoms with Crippen LogP contribution >= 0.6 is 0 Å². The molecule has 0 bridgehead atoms. The maximum Gasteiger partial charge on any atom is 0.246 e. The van der Waals surface area contributed by atoms with Crippen LogP contribution in [0.15, 0.2) is 11.1 Å². The summed E-state index contributed by atoms with van der Waals surface area (Å²) in [5.41, 5.74) is 5.48. The summed E-state index contributed by atoms with van der Waals surface area (Å²) in [7, 11) is -3.65. The van der Waals surface area contributed by atoms with Crippen molar-refractivity contribution in [2.75, 3.05) is 12.3 Å². The van der Waals surface area contributed by atoms with Crippen molar-refractivity contribution >= 4 is 15.8 Å². The lowest BCUT2D eigenvalue weighted by atomic mass is 10.1. The quantitative estimate of drug-likeness (QED) is 0.577. The van der Waals surface area contributed by atoms with E-state index in [1.807, 2.05) is 0 Å². The van der Waals surface area contributed by atoms with Gasteiger partial charge in [0.25, 0.3) is 0 Å². The van der Waals surface area contributed by atoms with E-state index in [1.165, 1.54) is 6.20 Å². The zero-order valence-corrected chi connectivity index (χ0v) is 10.1. The fourth-order valence-corrected chi connectivity index (χ4v) is 3.53. The van der Waals surface area contributed by atoms with Gasteiger partial charge in [0.2, 0.25) is 10.0 Å². The number of nitrogens with one attached hydrogen (secondary N) is 2. The molecule has 0 saturated heterocycles. The van der Waals surface area contributed by atoms with Crippen molar-refractivity contribution in [3.63, 3.8) is 0 Å². The normalized spacial score (nSPS) is 25.2. The molecule has 1 fully saturated rings. The minimum atomic E-state index is -3.65. The summed E-state index contributed by atoms with van der Waals surface area (Å²) in [6, 6.07) is -0.223. The number of nitrogen functional groups attached to an aromatic ring is 1. The van der Waals surface area contributed by atoms with E-state index >= 15 is 0 Å². The first-order valence-corrected chi connectivity index (χ1v) is 6.95. The predicted octanol–water partition coefficient (Wildman–Crippen LogP) is -0.569. The van der Waals surface area contributed by atoms with Crippen LogP contribution in [0.1, 0.15) is 19.3 Å². The van der Waals surface area contributed by atoms with E-state index in [0.717, 1.165) is 19.3 Å². The molecule has 5 N–H and O–H groups in total. The van der Waals surface area contributed by atoms with E-state index < -0.39 is 10.0 Å². The topological polar surface area (TPSA) is 121 Å². The van der Waals surface area contributed by atoms with Gasteiger partial charge in [-0.25, -0.2) is 13.1 Å². The Hall–Kier alpha value is -1.12. The average Bonchev–Trinajstić information content (AvgIpc) is 2.86. The van der Waals surface area contributed by atoms with Gasteiger partial charge < -0.3 is 10.8 Å². The van der Waals surface area contributed by atoms with Gasteiger partial charge in [-0.1, -0.05) is 6.42 Å². The largest absolute Gasteiger partial charge is 0.396 e. The lowest BCUT2D eigenvalue weighted by Gasteiger charge is -2.18. The Labute approximate surface area is 99.5 Å². The molecule has 1 aromatic rings. The van der Waals surface area contributed by atoms with Crippen molar-refractivity contribution in [3.8, 4) is 0 Å². The van der Waals surface area contributed by atoms with Crippen molar-refractivity contribution in [1.29, 1.82) is 0 Å². The Morgan fingerprint density at radius 1 is 1.59 bits per heavy atom. The second-order valence-corrected chi connectivity index (χ2v) is 5.93. The Balaban J connectivity index is 2.16. The van der Waals surface area contributed by atoms with Gasteiger partial charge in [0, 0.05) is 12.6 Å². The fraction of sp³-hybridized carbons (Fsp3) is 0.667. The smallest absolute Gasteiger partial charge is 0.246 e. The third-order valence-corrected chi connectivity index (χ3v) is 4.64. The summed E-state index contributed by atoms with van der Waals surface area (Å²) in [5.74, 6) is 0.00828. The molecule has 0 aromatic carbocycles. The van der Waals surface area contributed by atoms with Crippen molar-refractivity contribution in [3.05, 3.63) is 6.20 Å². The number of aliphatic hydroxyl groups is 1. The molecule has 1 aliphatic rings. The minimum absolute atomic E-state index is 0.00590. The number of rotatable bonds is 4. The predicted molar refractivity (Wildman–Crippen MR) is 61.5 cm³/mol. The van der Waals surface area contributed by atoms with Crippen LogP contribution in [-0.4, -0.2) is 36.4 Å². The highest BCUT2D eigenvalue weighted by Crippen LogP contribution is 2.27.